The number of carbonyl (C=O) groups is 2. The Labute approximate surface area is 171 Å². The molecule has 0 saturated carbocycles. The lowest BCUT2D eigenvalue weighted by Crippen LogP contribution is -2.35. The van der Waals surface area contributed by atoms with E-state index < -0.39 is 5.25 Å². The van der Waals surface area contributed by atoms with Crippen molar-refractivity contribution in [1.82, 2.24) is 5.32 Å². The number of fused-ring (bicyclic) bond motifs is 2. The number of benzene rings is 2. The van der Waals surface area contributed by atoms with Crippen molar-refractivity contribution in [3.8, 4) is 11.5 Å². The largest absolute Gasteiger partial charge is 0.486 e. The van der Waals surface area contributed by atoms with Crippen LogP contribution in [0.25, 0.3) is 0 Å². The van der Waals surface area contributed by atoms with Crippen LogP contribution in [0.4, 0.5) is 5.69 Å². The molecular weight excluding hydrogens is 400 g/mol. The Morgan fingerprint density at radius 1 is 1.25 bits per heavy atom. The Morgan fingerprint density at radius 3 is 2.86 bits per heavy atom. The normalized spacial score (nSPS) is 18.6. The van der Waals surface area contributed by atoms with Gasteiger partial charge in [-0.3, -0.25) is 9.59 Å². The minimum atomic E-state index is -0.485. The molecule has 8 heteroatoms. The third-order valence-electron chi connectivity index (χ3n) is 4.58. The van der Waals surface area contributed by atoms with E-state index in [1.54, 1.807) is 12.1 Å². The van der Waals surface area contributed by atoms with E-state index in [0.717, 1.165) is 10.5 Å². The molecule has 2 aromatic carbocycles. The average molecular weight is 419 g/mol. The first-order chi connectivity index (χ1) is 13.5. The average Bonchev–Trinajstić information content (AvgIpc) is 2.68. The molecule has 2 aromatic rings. The van der Waals surface area contributed by atoms with Crippen LogP contribution in [-0.4, -0.2) is 30.3 Å². The maximum absolute atomic E-state index is 12.5. The second-order valence-corrected chi connectivity index (χ2v) is 8.31. The van der Waals surface area contributed by atoms with E-state index >= 15 is 0 Å². The molecule has 0 aromatic heterocycles. The van der Waals surface area contributed by atoms with Crippen molar-refractivity contribution in [3.63, 3.8) is 0 Å². The Kier molecular flexibility index (Phi) is 5.37. The summed E-state index contributed by atoms with van der Waals surface area (Å²) in [6.45, 7) is 2.95. The first-order valence-corrected chi connectivity index (χ1v) is 10.2. The standard InChI is InChI=1S/C20H19ClN2O4S/c1-11(12-2-4-15-16(8-12)27-7-6-26-15)22-19(24)10-18-20(25)23-14-9-13(21)3-5-17(14)28-18/h2-5,8-9,11,18H,6-7,10H2,1H3,(H,22,24)(H,23,25). The number of hydrogen-bond acceptors (Lipinski definition) is 5. The Bertz CT molecular complexity index is 936. The molecule has 2 aliphatic rings. The summed E-state index contributed by atoms with van der Waals surface area (Å²) in [4.78, 5) is 25.8. The molecule has 28 heavy (non-hydrogen) atoms. The predicted molar refractivity (Wildman–Crippen MR) is 108 cm³/mol. The summed E-state index contributed by atoms with van der Waals surface area (Å²) in [5.74, 6) is 1.01. The van der Waals surface area contributed by atoms with E-state index in [1.165, 1.54) is 11.8 Å². The van der Waals surface area contributed by atoms with Crippen LogP contribution in [0.2, 0.25) is 5.02 Å². The summed E-state index contributed by atoms with van der Waals surface area (Å²) in [5, 5.41) is 5.85. The van der Waals surface area contributed by atoms with Crippen LogP contribution in [0.3, 0.4) is 0 Å². The van der Waals surface area contributed by atoms with Crippen molar-refractivity contribution in [3.05, 3.63) is 47.0 Å². The summed E-state index contributed by atoms with van der Waals surface area (Å²) in [6, 6.07) is 10.7. The molecule has 2 heterocycles. The van der Waals surface area contributed by atoms with E-state index in [2.05, 4.69) is 10.6 Å². The lowest BCUT2D eigenvalue weighted by molar-refractivity contribution is -0.124. The van der Waals surface area contributed by atoms with Crippen molar-refractivity contribution >= 4 is 40.9 Å². The first-order valence-electron chi connectivity index (χ1n) is 8.95. The van der Waals surface area contributed by atoms with Crippen LogP contribution < -0.4 is 20.1 Å². The molecule has 0 saturated heterocycles. The van der Waals surface area contributed by atoms with Gasteiger partial charge in [-0.1, -0.05) is 17.7 Å². The molecule has 0 fully saturated rings. The van der Waals surface area contributed by atoms with Gasteiger partial charge in [0, 0.05) is 16.3 Å². The minimum absolute atomic E-state index is 0.0907. The first kappa shape index (κ1) is 19.0. The van der Waals surface area contributed by atoms with Gasteiger partial charge in [0.25, 0.3) is 0 Å². The molecule has 2 amide bonds. The number of rotatable bonds is 4. The van der Waals surface area contributed by atoms with Crippen molar-refractivity contribution in [2.75, 3.05) is 18.5 Å². The highest BCUT2D eigenvalue weighted by Gasteiger charge is 2.29. The third-order valence-corrected chi connectivity index (χ3v) is 6.09. The monoisotopic (exact) mass is 418 g/mol. The van der Waals surface area contributed by atoms with Crippen molar-refractivity contribution in [1.29, 1.82) is 0 Å². The molecule has 0 spiro atoms. The Hall–Kier alpha value is -2.38. The van der Waals surface area contributed by atoms with Crippen molar-refractivity contribution in [2.45, 2.75) is 29.5 Å². The molecule has 146 valence electrons. The smallest absolute Gasteiger partial charge is 0.238 e. The lowest BCUT2D eigenvalue weighted by Gasteiger charge is -2.25. The van der Waals surface area contributed by atoms with Gasteiger partial charge in [0.2, 0.25) is 11.8 Å². The van der Waals surface area contributed by atoms with Gasteiger partial charge in [0.1, 0.15) is 13.2 Å². The van der Waals surface area contributed by atoms with Gasteiger partial charge in [0.15, 0.2) is 11.5 Å². The highest BCUT2D eigenvalue weighted by molar-refractivity contribution is 8.01. The van der Waals surface area contributed by atoms with Crippen LogP contribution in [0.1, 0.15) is 24.9 Å². The molecule has 2 atom stereocenters. The molecule has 0 aliphatic carbocycles. The number of carbonyl (C=O) groups excluding carboxylic acids is 2. The minimum Gasteiger partial charge on any atom is -0.486 e. The van der Waals surface area contributed by atoms with E-state index in [-0.39, 0.29) is 24.3 Å². The molecule has 0 bridgehead atoms. The number of ether oxygens (including phenoxy) is 2. The van der Waals surface area contributed by atoms with Gasteiger partial charge >= 0.3 is 0 Å². The van der Waals surface area contributed by atoms with E-state index in [9.17, 15) is 9.59 Å². The lowest BCUT2D eigenvalue weighted by atomic mass is 10.1. The van der Waals surface area contributed by atoms with Crippen LogP contribution in [-0.2, 0) is 9.59 Å². The highest BCUT2D eigenvalue weighted by atomic mass is 35.5. The van der Waals surface area contributed by atoms with Gasteiger partial charge in [0.05, 0.1) is 17.0 Å². The Balaban J connectivity index is 1.39. The van der Waals surface area contributed by atoms with E-state index in [1.807, 2.05) is 31.2 Å². The predicted octanol–water partition coefficient (Wildman–Crippen LogP) is 3.79. The molecule has 2 unspecified atom stereocenters. The molecule has 4 rings (SSSR count). The number of thioether (sulfide) groups is 1. The second kappa shape index (κ2) is 7.93. The van der Waals surface area contributed by atoms with Crippen molar-refractivity contribution in [2.24, 2.45) is 0 Å². The summed E-state index contributed by atoms with van der Waals surface area (Å²) in [5.41, 5.74) is 1.60. The van der Waals surface area contributed by atoms with E-state index in [0.29, 0.717) is 35.4 Å². The number of anilines is 1. The SMILES string of the molecule is CC(NC(=O)CC1Sc2ccc(Cl)cc2NC1=O)c1ccc2c(c1)OCCO2. The summed E-state index contributed by atoms with van der Waals surface area (Å²) < 4.78 is 11.1. The fourth-order valence-electron chi connectivity index (χ4n) is 3.14. The molecule has 2 N–H and O–H groups in total. The number of amides is 2. The van der Waals surface area contributed by atoms with Crippen molar-refractivity contribution < 1.29 is 19.1 Å². The Morgan fingerprint density at radius 2 is 2.04 bits per heavy atom. The van der Waals surface area contributed by atoms with E-state index in [4.69, 9.17) is 21.1 Å². The van der Waals surface area contributed by atoms with Gasteiger partial charge < -0.3 is 20.1 Å². The maximum Gasteiger partial charge on any atom is 0.238 e. The molecule has 6 nitrogen and oxygen atoms in total. The topological polar surface area (TPSA) is 76.7 Å². The van der Waals surface area contributed by atoms with Crippen LogP contribution in [0.15, 0.2) is 41.3 Å². The number of hydrogen-bond donors (Lipinski definition) is 2. The summed E-state index contributed by atoms with van der Waals surface area (Å²) in [7, 11) is 0. The fourth-order valence-corrected chi connectivity index (χ4v) is 4.40. The zero-order chi connectivity index (χ0) is 19.7. The third kappa shape index (κ3) is 4.05. The van der Waals surface area contributed by atoms with Gasteiger partial charge in [-0.2, -0.15) is 0 Å². The van der Waals surface area contributed by atoms with Crippen LogP contribution in [0.5, 0.6) is 11.5 Å². The van der Waals surface area contributed by atoms with Gasteiger partial charge in [-0.05, 0) is 42.8 Å². The summed E-state index contributed by atoms with van der Waals surface area (Å²) in [6.07, 6.45) is 0.0907. The van der Waals surface area contributed by atoms with Gasteiger partial charge in [-0.15, -0.1) is 11.8 Å². The molecule has 0 radical (unpaired) electrons. The number of nitrogens with one attached hydrogen (secondary N) is 2. The highest BCUT2D eigenvalue weighted by Crippen LogP contribution is 2.38. The van der Waals surface area contributed by atoms with Gasteiger partial charge in [-0.25, -0.2) is 0 Å². The zero-order valence-electron chi connectivity index (χ0n) is 15.2. The molecular formula is C20H19ClN2O4S. The molecule has 2 aliphatic heterocycles. The maximum atomic E-state index is 12.5. The quantitative estimate of drug-likeness (QED) is 0.789. The second-order valence-electron chi connectivity index (χ2n) is 6.63. The fraction of sp³-hybridized carbons (Fsp3) is 0.300. The van der Waals surface area contributed by atoms with Crippen LogP contribution in [0, 0.1) is 0 Å². The summed E-state index contributed by atoms with van der Waals surface area (Å²) >= 11 is 7.34. The zero-order valence-corrected chi connectivity index (χ0v) is 16.7. The van der Waals surface area contributed by atoms with Crippen LogP contribution >= 0.6 is 23.4 Å². The number of halogens is 1.